The third kappa shape index (κ3) is 2.39. The van der Waals surface area contributed by atoms with Crippen LogP contribution in [-0.4, -0.2) is 42.5 Å². The van der Waals surface area contributed by atoms with Crippen molar-refractivity contribution in [3.05, 3.63) is 18.3 Å². The van der Waals surface area contributed by atoms with Gasteiger partial charge in [-0.25, -0.2) is 4.98 Å². The van der Waals surface area contributed by atoms with Crippen molar-refractivity contribution >= 4 is 17.4 Å². The Labute approximate surface area is 108 Å². The number of carbonyl (C=O) groups is 1. The number of aromatic nitrogens is 1. The smallest absolute Gasteiger partial charge is 0.244 e. The number of piperidine rings is 1. The van der Waals surface area contributed by atoms with E-state index in [1.807, 2.05) is 17.0 Å². The van der Waals surface area contributed by atoms with Gasteiger partial charge in [0.15, 0.2) is 5.82 Å². The fraction of sp³-hybridized carbons (Fsp3) is 0.538. The summed E-state index contributed by atoms with van der Waals surface area (Å²) in [6.45, 7) is 0.839. The van der Waals surface area contributed by atoms with Gasteiger partial charge in [0, 0.05) is 26.8 Å². The van der Waals surface area contributed by atoms with Crippen molar-refractivity contribution in [2.75, 3.05) is 31.3 Å². The van der Waals surface area contributed by atoms with Gasteiger partial charge in [-0.1, -0.05) is 0 Å². The topological polar surface area (TPSA) is 62.5 Å². The maximum absolute atomic E-state index is 12.2. The number of anilines is 2. The molecule has 0 aliphatic carbocycles. The Bertz CT molecular complexity index is 433. The number of amides is 1. The maximum Gasteiger partial charge on any atom is 0.244 e. The molecule has 0 bridgehead atoms. The molecule has 1 aromatic rings. The van der Waals surface area contributed by atoms with Gasteiger partial charge >= 0.3 is 0 Å². The first-order chi connectivity index (χ1) is 8.61. The first kappa shape index (κ1) is 12.7. The van der Waals surface area contributed by atoms with Crippen LogP contribution in [0.4, 0.5) is 11.5 Å². The molecule has 2 heterocycles. The number of nitrogens with two attached hydrogens (primary N) is 1. The number of pyridine rings is 1. The molecule has 1 saturated heterocycles. The summed E-state index contributed by atoms with van der Waals surface area (Å²) in [5.41, 5.74) is 6.60. The summed E-state index contributed by atoms with van der Waals surface area (Å²) in [6.07, 6.45) is 4.74. The molecular formula is C13H20N4O. The van der Waals surface area contributed by atoms with E-state index in [0.717, 1.165) is 31.6 Å². The lowest BCUT2D eigenvalue weighted by atomic mass is 10.0. The Kier molecular flexibility index (Phi) is 3.69. The zero-order valence-electron chi connectivity index (χ0n) is 11.0. The number of hydrogen-bond acceptors (Lipinski definition) is 4. The predicted molar refractivity (Wildman–Crippen MR) is 72.3 cm³/mol. The summed E-state index contributed by atoms with van der Waals surface area (Å²) in [5.74, 6) is 0.858. The Morgan fingerprint density at radius 2 is 2.28 bits per heavy atom. The van der Waals surface area contributed by atoms with Crippen LogP contribution in [0, 0.1) is 0 Å². The average molecular weight is 248 g/mol. The van der Waals surface area contributed by atoms with E-state index in [0.29, 0.717) is 5.69 Å². The summed E-state index contributed by atoms with van der Waals surface area (Å²) in [5, 5.41) is 0. The molecule has 1 aliphatic rings. The summed E-state index contributed by atoms with van der Waals surface area (Å²) in [4.78, 5) is 20.2. The van der Waals surface area contributed by atoms with Gasteiger partial charge in [-0.15, -0.1) is 0 Å². The van der Waals surface area contributed by atoms with E-state index >= 15 is 0 Å². The first-order valence-corrected chi connectivity index (χ1v) is 6.29. The van der Waals surface area contributed by atoms with Crippen LogP contribution < -0.4 is 10.6 Å². The molecule has 5 nitrogen and oxygen atoms in total. The fourth-order valence-electron chi connectivity index (χ4n) is 2.39. The molecule has 0 saturated carbocycles. The highest BCUT2D eigenvalue weighted by Gasteiger charge is 2.31. The number of rotatable bonds is 2. The van der Waals surface area contributed by atoms with E-state index in [4.69, 9.17) is 5.73 Å². The molecule has 0 unspecified atom stereocenters. The van der Waals surface area contributed by atoms with Crippen molar-refractivity contribution in [3.63, 3.8) is 0 Å². The molecule has 1 amide bonds. The van der Waals surface area contributed by atoms with Gasteiger partial charge < -0.3 is 15.5 Å². The number of nitrogen functional groups attached to an aromatic ring is 1. The maximum atomic E-state index is 12.2. The van der Waals surface area contributed by atoms with Crippen molar-refractivity contribution < 1.29 is 4.79 Å². The highest BCUT2D eigenvalue weighted by atomic mass is 16.2. The largest absolute Gasteiger partial charge is 0.396 e. The molecule has 1 fully saturated rings. The highest BCUT2D eigenvalue weighted by molar-refractivity contribution is 5.86. The lowest BCUT2D eigenvalue weighted by molar-refractivity contribution is -0.130. The van der Waals surface area contributed by atoms with Crippen LogP contribution >= 0.6 is 0 Å². The van der Waals surface area contributed by atoms with Crippen LogP contribution in [-0.2, 0) is 4.79 Å². The van der Waals surface area contributed by atoms with Gasteiger partial charge in [-0.3, -0.25) is 4.79 Å². The van der Waals surface area contributed by atoms with Gasteiger partial charge in [-0.2, -0.15) is 0 Å². The van der Waals surface area contributed by atoms with Gasteiger partial charge in [0.1, 0.15) is 6.04 Å². The standard InChI is InChI=1S/C13H20N4O/c1-16(2)13(18)11-7-3-4-9-17(11)12-10(14)6-5-8-15-12/h5-6,8,11H,3-4,7,9,14H2,1-2H3/t11-/m0/s1. The van der Waals surface area contributed by atoms with Gasteiger partial charge in [-0.05, 0) is 31.4 Å². The minimum atomic E-state index is -0.133. The fourth-order valence-corrected chi connectivity index (χ4v) is 2.39. The Hall–Kier alpha value is -1.78. The summed E-state index contributed by atoms with van der Waals surface area (Å²) in [6, 6.07) is 3.51. The molecule has 1 atom stereocenters. The molecule has 1 aliphatic heterocycles. The summed E-state index contributed by atoms with van der Waals surface area (Å²) >= 11 is 0. The Balaban J connectivity index is 2.29. The van der Waals surface area contributed by atoms with Crippen LogP contribution in [0.25, 0.3) is 0 Å². The zero-order chi connectivity index (χ0) is 13.1. The van der Waals surface area contributed by atoms with Crippen molar-refractivity contribution in [2.45, 2.75) is 25.3 Å². The lowest BCUT2D eigenvalue weighted by Gasteiger charge is -2.37. The van der Waals surface area contributed by atoms with Gasteiger partial charge in [0.05, 0.1) is 5.69 Å². The van der Waals surface area contributed by atoms with Crippen molar-refractivity contribution in [1.82, 2.24) is 9.88 Å². The second-order valence-electron chi connectivity index (χ2n) is 4.85. The number of carbonyl (C=O) groups excluding carboxylic acids is 1. The normalized spacial score (nSPS) is 19.7. The number of likely N-dealkylation sites (N-methyl/N-ethyl adjacent to an activating group) is 1. The van der Waals surface area contributed by atoms with Crippen molar-refractivity contribution in [2.24, 2.45) is 0 Å². The van der Waals surface area contributed by atoms with Crippen LogP contribution in [0.15, 0.2) is 18.3 Å². The third-order valence-corrected chi connectivity index (χ3v) is 3.32. The molecule has 0 aromatic carbocycles. The van der Waals surface area contributed by atoms with E-state index in [1.54, 1.807) is 25.2 Å². The Morgan fingerprint density at radius 1 is 1.50 bits per heavy atom. The molecule has 5 heteroatoms. The average Bonchev–Trinajstić information content (AvgIpc) is 2.38. The highest BCUT2D eigenvalue weighted by Crippen LogP contribution is 2.27. The summed E-state index contributed by atoms with van der Waals surface area (Å²) < 4.78 is 0. The minimum absolute atomic E-state index is 0.125. The van der Waals surface area contributed by atoms with E-state index in [-0.39, 0.29) is 11.9 Å². The summed E-state index contributed by atoms with van der Waals surface area (Å²) in [7, 11) is 3.58. The number of nitrogens with zero attached hydrogens (tertiary/aromatic N) is 3. The van der Waals surface area contributed by atoms with E-state index in [2.05, 4.69) is 4.98 Å². The van der Waals surface area contributed by atoms with E-state index in [9.17, 15) is 4.79 Å². The van der Waals surface area contributed by atoms with Crippen LogP contribution in [0.1, 0.15) is 19.3 Å². The molecule has 2 rings (SSSR count). The molecule has 18 heavy (non-hydrogen) atoms. The monoisotopic (exact) mass is 248 g/mol. The van der Waals surface area contributed by atoms with E-state index < -0.39 is 0 Å². The second-order valence-corrected chi connectivity index (χ2v) is 4.85. The Morgan fingerprint density at radius 3 is 2.94 bits per heavy atom. The molecule has 98 valence electrons. The van der Waals surface area contributed by atoms with Crippen LogP contribution in [0.2, 0.25) is 0 Å². The molecular weight excluding hydrogens is 228 g/mol. The number of hydrogen-bond donors (Lipinski definition) is 1. The van der Waals surface area contributed by atoms with Crippen LogP contribution in [0.3, 0.4) is 0 Å². The molecule has 1 aromatic heterocycles. The SMILES string of the molecule is CN(C)C(=O)[C@@H]1CCCCN1c1ncccc1N. The van der Waals surface area contributed by atoms with Gasteiger partial charge in [0.2, 0.25) is 5.91 Å². The predicted octanol–water partition coefficient (Wildman–Crippen LogP) is 1.11. The molecule has 2 N–H and O–H groups in total. The quantitative estimate of drug-likeness (QED) is 0.851. The second kappa shape index (κ2) is 5.25. The van der Waals surface area contributed by atoms with Crippen LogP contribution in [0.5, 0.6) is 0 Å². The van der Waals surface area contributed by atoms with E-state index in [1.165, 1.54) is 0 Å². The van der Waals surface area contributed by atoms with Gasteiger partial charge in [0.25, 0.3) is 0 Å². The first-order valence-electron chi connectivity index (χ1n) is 6.29. The van der Waals surface area contributed by atoms with Crippen molar-refractivity contribution in [1.29, 1.82) is 0 Å². The minimum Gasteiger partial charge on any atom is -0.396 e. The third-order valence-electron chi connectivity index (χ3n) is 3.32. The zero-order valence-corrected chi connectivity index (χ0v) is 11.0. The molecule has 0 radical (unpaired) electrons. The molecule has 0 spiro atoms. The lowest BCUT2D eigenvalue weighted by Crippen LogP contribution is -2.49. The van der Waals surface area contributed by atoms with Crippen molar-refractivity contribution in [3.8, 4) is 0 Å².